The van der Waals surface area contributed by atoms with Crippen LogP contribution in [-0.2, 0) is 19.7 Å². The fraction of sp³-hybridized carbons (Fsp3) is 0.579. The Balaban J connectivity index is 1.63. The number of benzene rings is 1. The lowest BCUT2D eigenvalue weighted by molar-refractivity contribution is -0.122. The molecule has 2 aliphatic heterocycles. The molecule has 1 aromatic rings. The molecule has 0 aromatic heterocycles. The van der Waals surface area contributed by atoms with Gasteiger partial charge in [-0.25, -0.2) is 0 Å². The van der Waals surface area contributed by atoms with Crippen molar-refractivity contribution >= 4 is 17.5 Å². The normalized spacial score (nSPS) is 28.0. The molecule has 6 heteroatoms. The zero-order valence-corrected chi connectivity index (χ0v) is 14.6. The molecular formula is C19H25N3O3. The second kappa shape index (κ2) is 6.11. The van der Waals surface area contributed by atoms with E-state index < -0.39 is 12.1 Å². The Bertz CT molecular complexity index is 684. The first-order valence-corrected chi connectivity index (χ1v) is 9.05. The number of hydrogen-bond acceptors (Lipinski definition) is 4. The summed E-state index contributed by atoms with van der Waals surface area (Å²) in [4.78, 5) is 28.3. The molecule has 3 aliphatic rings. The van der Waals surface area contributed by atoms with Crippen molar-refractivity contribution in [1.29, 1.82) is 0 Å². The Morgan fingerprint density at radius 2 is 2.00 bits per heavy atom. The Morgan fingerprint density at radius 1 is 1.28 bits per heavy atom. The van der Waals surface area contributed by atoms with Crippen LogP contribution in [0.5, 0.6) is 0 Å². The molecule has 0 bridgehead atoms. The van der Waals surface area contributed by atoms with Gasteiger partial charge in [0.05, 0.1) is 12.6 Å². The van der Waals surface area contributed by atoms with Crippen molar-refractivity contribution in [1.82, 2.24) is 4.90 Å². The van der Waals surface area contributed by atoms with Crippen molar-refractivity contribution in [2.75, 3.05) is 25.2 Å². The van der Waals surface area contributed by atoms with Crippen LogP contribution in [0.4, 0.5) is 5.69 Å². The molecule has 2 amide bonds. The van der Waals surface area contributed by atoms with Gasteiger partial charge in [-0.3, -0.25) is 19.4 Å². The number of methoxy groups -OCH3 is 1. The number of primary amides is 1. The number of carbonyl (C=O) groups is 2. The summed E-state index contributed by atoms with van der Waals surface area (Å²) in [6.45, 7) is 1.46. The first-order valence-electron chi connectivity index (χ1n) is 9.05. The Kier molecular flexibility index (Phi) is 4.04. The maximum atomic E-state index is 12.8. The van der Waals surface area contributed by atoms with Crippen molar-refractivity contribution < 1.29 is 14.3 Å². The first kappa shape index (κ1) is 16.5. The monoisotopic (exact) mass is 343 g/mol. The molecule has 1 unspecified atom stereocenters. The molecule has 0 spiro atoms. The van der Waals surface area contributed by atoms with E-state index in [0.29, 0.717) is 0 Å². The van der Waals surface area contributed by atoms with Gasteiger partial charge in [-0.05, 0) is 43.4 Å². The number of nitrogens with zero attached hydrogens (tertiary/aromatic N) is 2. The number of ether oxygens (including phenoxy) is 1. The Labute approximate surface area is 147 Å². The minimum absolute atomic E-state index is 0.00991. The molecule has 0 radical (unpaired) electrons. The predicted octanol–water partition coefficient (Wildman–Crippen LogP) is 1.38. The molecule has 6 nitrogen and oxygen atoms in total. The minimum Gasteiger partial charge on any atom is -0.384 e. The van der Waals surface area contributed by atoms with Crippen molar-refractivity contribution in [3.8, 4) is 0 Å². The molecule has 1 aromatic carbocycles. The first-order chi connectivity index (χ1) is 12.1. The van der Waals surface area contributed by atoms with E-state index in [1.165, 1.54) is 12.0 Å². The van der Waals surface area contributed by atoms with E-state index in [2.05, 4.69) is 12.1 Å². The second-order valence-electron chi connectivity index (χ2n) is 7.49. The van der Waals surface area contributed by atoms with Crippen LogP contribution in [-0.4, -0.2) is 49.2 Å². The van der Waals surface area contributed by atoms with Crippen LogP contribution < -0.4 is 10.6 Å². The summed E-state index contributed by atoms with van der Waals surface area (Å²) in [5, 5.41) is 0. The molecule has 2 N–H and O–H groups in total. The summed E-state index contributed by atoms with van der Waals surface area (Å²) in [6.07, 6.45) is 4.55. The molecule has 2 heterocycles. The highest BCUT2D eigenvalue weighted by atomic mass is 16.5. The summed E-state index contributed by atoms with van der Waals surface area (Å²) in [5.74, 6) is -0.471. The van der Waals surface area contributed by atoms with Crippen LogP contribution in [0.2, 0.25) is 0 Å². The predicted molar refractivity (Wildman–Crippen MR) is 94.0 cm³/mol. The van der Waals surface area contributed by atoms with E-state index in [0.717, 1.165) is 44.5 Å². The number of rotatable bonds is 5. The van der Waals surface area contributed by atoms with E-state index in [-0.39, 0.29) is 17.4 Å². The zero-order chi connectivity index (χ0) is 17.6. The summed E-state index contributed by atoms with van der Waals surface area (Å²) in [6, 6.07) is 7.83. The van der Waals surface area contributed by atoms with Crippen molar-refractivity contribution in [2.24, 2.45) is 5.73 Å². The third kappa shape index (κ3) is 2.47. The third-order valence-electron chi connectivity index (χ3n) is 6.12. The molecular weight excluding hydrogens is 318 g/mol. The maximum absolute atomic E-state index is 12.8. The average Bonchev–Trinajstić information content (AvgIpc) is 3.13. The van der Waals surface area contributed by atoms with E-state index in [1.54, 1.807) is 12.0 Å². The Morgan fingerprint density at radius 3 is 2.56 bits per heavy atom. The van der Waals surface area contributed by atoms with Crippen molar-refractivity contribution in [3.05, 3.63) is 29.8 Å². The fourth-order valence-electron chi connectivity index (χ4n) is 4.71. The van der Waals surface area contributed by atoms with Gasteiger partial charge in [0.2, 0.25) is 5.91 Å². The zero-order valence-electron chi connectivity index (χ0n) is 14.6. The lowest BCUT2D eigenvalue weighted by atomic mass is 9.65. The van der Waals surface area contributed by atoms with Gasteiger partial charge in [-0.15, -0.1) is 0 Å². The number of hydrogen-bond donors (Lipinski definition) is 1. The molecule has 4 rings (SSSR count). The van der Waals surface area contributed by atoms with E-state index >= 15 is 0 Å². The van der Waals surface area contributed by atoms with Gasteiger partial charge in [0.25, 0.3) is 5.91 Å². The number of anilines is 1. The largest absolute Gasteiger partial charge is 0.384 e. The van der Waals surface area contributed by atoms with Gasteiger partial charge in [0.1, 0.15) is 0 Å². The van der Waals surface area contributed by atoms with Crippen LogP contribution in [0.25, 0.3) is 0 Å². The summed E-state index contributed by atoms with van der Waals surface area (Å²) < 4.78 is 5.42. The van der Waals surface area contributed by atoms with Crippen molar-refractivity contribution in [2.45, 2.75) is 49.7 Å². The highest BCUT2D eigenvalue weighted by Crippen LogP contribution is 2.44. The number of carbonyl (C=O) groups excluding carboxylic acids is 2. The van der Waals surface area contributed by atoms with Crippen LogP contribution in [0, 0.1) is 0 Å². The smallest absolute Gasteiger partial charge is 0.255 e. The van der Waals surface area contributed by atoms with Crippen LogP contribution in [0.1, 0.15) is 37.7 Å². The molecule has 1 aliphatic carbocycles. The Hall–Kier alpha value is -1.92. The summed E-state index contributed by atoms with van der Waals surface area (Å²) in [7, 11) is 1.74. The van der Waals surface area contributed by atoms with Gasteiger partial charge < -0.3 is 10.5 Å². The highest BCUT2D eigenvalue weighted by Gasteiger charge is 2.51. The van der Waals surface area contributed by atoms with Crippen LogP contribution >= 0.6 is 0 Å². The summed E-state index contributed by atoms with van der Waals surface area (Å²) >= 11 is 0. The van der Waals surface area contributed by atoms with Gasteiger partial charge in [-0.1, -0.05) is 18.6 Å². The molecule has 25 heavy (non-hydrogen) atoms. The quantitative estimate of drug-likeness (QED) is 0.876. The lowest BCUT2D eigenvalue weighted by Gasteiger charge is -2.42. The van der Waals surface area contributed by atoms with Gasteiger partial charge in [-0.2, -0.15) is 0 Å². The number of nitrogens with two attached hydrogens (primary N) is 1. The van der Waals surface area contributed by atoms with Crippen LogP contribution in [0.3, 0.4) is 0 Å². The van der Waals surface area contributed by atoms with E-state index in [4.69, 9.17) is 10.5 Å². The van der Waals surface area contributed by atoms with Crippen LogP contribution in [0.15, 0.2) is 24.3 Å². The summed E-state index contributed by atoms with van der Waals surface area (Å²) in [5.41, 5.74) is 7.72. The van der Waals surface area contributed by atoms with E-state index in [9.17, 15) is 9.59 Å². The average molecular weight is 343 g/mol. The van der Waals surface area contributed by atoms with E-state index in [1.807, 2.05) is 17.0 Å². The standard InChI is InChI=1S/C19H25N3O3/c1-25-12-19(9-3-10-19)13-5-7-14(8-6-13)22-17(16(20)23)21-11-2-4-15(21)18(22)24/h5-8,15,17H,2-4,9-12H2,1H3,(H2,20,23)/t15-,17?/m0/s1. The molecule has 1 saturated carbocycles. The fourth-order valence-corrected chi connectivity index (χ4v) is 4.71. The van der Waals surface area contributed by atoms with Gasteiger partial charge in [0.15, 0.2) is 6.17 Å². The SMILES string of the molecule is COCC1(c2ccc(N3C(=O)[C@@H]4CCCN4C3C(N)=O)cc2)CCC1. The number of fused-ring (bicyclic) bond motifs is 1. The molecule has 134 valence electrons. The number of amides is 2. The lowest BCUT2D eigenvalue weighted by Crippen LogP contribution is -2.49. The topological polar surface area (TPSA) is 75.9 Å². The molecule has 3 fully saturated rings. The third-order valence-corrected chi connectivity index (χ3v) is 6.12. The van der Waals surface area contributed by atoms with Gasteiger partial charge >= 0.3 is 0 Å². The minimum atomic E-state index is -0.664. The van der Waals surface area contributed by atoms with Crippen molar-refractivity contribution in [3.63, 3.8) is 0 Å². The molecule has 2 atom stereocenters. The second-order valence-corrected chi connectivity index (χ2v) is 7.49. The van der Waals surface area contributed by atoms with Gasteiger partial charge in [0, 0.05) is 24.8 Å². The highest BCUT2D eigenvalue weighted by molar-refractivity contribution is 6.06. The molecule has 2 saturated heterocycles. The maximum Gasteiger partial charge on any atom is 0.255 e.